The van der Waals surface area contributed by atoms with Gasteiger partial charge in [0.25, 0.3) is 5.56 Å². The summed E-state index contributed by atoms with van der Waals surface area (Å²) in [7, 11) is 1.47. The SMILES string of the molecule is CCOC(=O)C1=C(c2ccccc2)N=c2s/c(=C\c3ccc(O)c(OC)c3)c(=O)n2[C@H]1c1ccc(C(C)C)cc1. The minimum atomic E-state index is -0.733. The Kier molecular flexibility index (Phi) is 7.71. The van der Waals surface area contributed by atoms with Crippen LogP contribution in [0.5, 0.6) is 11.5 Å². The Hall–Kier alpha value is -4.43. The fourth-order valence-corrected chi connectivity index (χ4v) is 5.76. The first kappa shape index (κ1) is 27.1. The van der Waals surface area contributed by atoms with E-state index in [1.807, 2.05) is 54.6 Å². The number of benzene rings is 3. The highest BCUT2D eigenvalue weighted by atomic mass is 32.1. The Bertz CT molecular complexity index is 1770. The molecular weight excluding hydrogens is 524 g/mol. The van der Waals surface area contributed by atoms with E-state index in [0.717, 1.165) is 16.7 Å². The van der Waals surface area contributed by atoms with Crippen LogP contribution in [0.15, 0.2) is 88.2 Å². The van der Waals surface area contributed by atoms with Crippen molar-refractivity contribution >= 4 is 29.1 Å². The zero-order valence-electron chi connectivity index (χ0n) is 22.8. The highest BCUT2D eigenvalue weighted by Crippen LogP contribution is 2.35. The molecule has 3 aromatic carbocycles. The molecule has 40 heavy (non-hydrogen) atoms. The third kappa shape index (κ3) is 5.10. The molecule has 2 heterocycles. The Morgan fingerprint density at radius 3 is 2.48 bits per heavy atom. The lowest BCUT2D eigenvalue weighted by Crippen LogP contribution is -2.40. The van der Waals surface area contributed by atoms with Gasteiger partial charge in [0.05, 0.1) is 35.6 Å². The van der Waals surface area contributed by atoms with Gasteiger partial charge in [-0.3, -0.25) is 9.36 Å². The molecule has 0 fully saturated rings. The molecule has 7 nitrogen and oxygen atoms in total. The first-order valence-corrected chi connectivity index (χ1v) is 13.9. The van der Waals surface area contributed by atoms with Crippen LogP contribution < -0.4 is 19.6 Å². The van der Waals surface area contributed by atoms with Gasteiger partial charge < -0.3 is 14.6 Å². The van der Waals surface area contributed by atoms with Gasteiger partial charge in [-0.15, -0.1) is 0 Å². The number of phenolic OH excluding ortho intramolecular Hbond substituents is 1. The highest BCUT2D eigenvalue weighted by molar-refractivity contribution is 7.07. The number of hydrogen-bond donors (Lipinski definition) is 1. The number of esters is 1. The van der Waals surface area contributed by atoms with Crippen LogP contribution in [-0.4, -0.2) is 29.4 Å². The summed E-state index contributed by atoms with van der Waals surface area (Å²) in [5, 5.41) is 10.00. The summed E-state index contributed by atoms with van der Waals surface area (Å²) in [6.45, 7) is 6.19. The number of methoxy groups -OCH3 is 1. The number of phenols is 1. The summed E-state index contributed by atoms with van der Waals surface area (Å²) >= 11 is 1.25. The Labute approximate surface area is 236 Å². The maximum Gasteiger partial charge on any atom is 0.338 e. The second-order valence-electron chi connectivity index (χ2n) is 9.68. The number of aromatic nitrogens is 1. The summed E-state index contributed by atoms with van der Waals surface area (Å²) in [6, 6.07) is 21.6. The second kappa shape index (κ2) is 11.4. The van der Waals surface area contributed by atoms with Crippen LogP contribution in [0.4, 0.5) is 0 Å². The number of rotatable bonds is 7. The smallest absolute Gasteiger partial charge is 0.338 e. The van der Waals surface area contributed by atoms with Crippen molar-refractivity contribution in [2.45, 2.75) is 32.7 Å². The van der Waals surface area contributed by atoms with E-state index < -0.39 is 12.0 Å². The zero-order chi connectivity index (χ0) is 28.4. The van der Waals surface area contributed by atoms with Gasteiger partial charge in [-0.05, 0) is 47.7 Å². The molecule has 1 aromatic heterocycles. The van der Waals surface area contributed by atoms with Gasteiger partial charge in [-0.1, -0.05) is 85.8 Å². The van der Waals surface area contributed by atoms with Gasteiger partial charge in [-0.2, -0.15) is 0 Å². The van der Waals surface area contributed by atoms with Crippen LogP contribution >= 0.6 is 11.3 Å². The molecule has 0 bridgehead atoms. The molecule has 1 aliphatic heterocycles. The van der Waals surface area contributed by atoms with Crippen molar-refractivity contribution < 1.29 is 19.4 Å². The van der Waals surface area contributed by atoms with E-state index >= 15 is 0 Å². The minimum absolute atomic E-state index is 0.0116. The molecule has 1 aliphatic rings. The molecule has 0 spiro atoms. The predicted octanol–water partition coefficient (Wildman–Crippen LogP) is 4.77. The predicted molar refractivity (Wildman–Crippen MR) is 156 cm³/mol. The fraction of sp³-hybridized carbons (Fsp3) is 0.219. The van der Waals surface area contributed by atoms with Crippen molar-refractivity contribution in [1.29, 1.82) is 0 Å². The van der Waals surface area contributed by atoms with Gasteiger partial charge in [-0.25, -0.2) is 9.79 Å². The number of ether oxygens (including phenoxy) is 2. The van der Waals surface area contributed by atoms with Crippen molar-refractivity contribution in [3.8, 4) is 11.5 Å². The maximum atomic E-state index is 14.0. The van der Waals surface area contributed by atoms with Gasteiger partial charge >= 0.3 is 5.97 Å². The topological polar surface area (TPSA) is 90.1 Å². The molecular formula is C32H30N2O5S. The van der Waals surface area contributed by atoms with Crippen molar-refractivity contribution in [3.63, 3.8) is 0 Å². The third-order valence-electron chi connectivity index (χ3n) is 6.79. The van der Waals surface area contributed by atoms with E-state index in [-0.39, 0.29) is 17.9 Å². The van der Waals surface area contributed by atoms with Crippen LogP contribution in [0.2, 0.25) is 0 Å². The van der Waals surface area contributed by atoms with E-state index in [1.54, 1.807) is 29.7 Å². The van der Waals surface area contributed by atoms with Crippen LogP contribution in [0.3, 0.4) is 0 Å². The van der Waals surface area contributed by atoms with E-state index in [9.17, 15) is 14.7 Å². The average Bonchev–Trinajstić information content (AvgIpc) is 3.28. The van der Waals surface area contributed by atoms with E-state index in [2.05, 4.69) is 13.8 Å². The largest absolute Gasteiger partial charge is 0.504 e. The number of hydrogen-bond acceptors (Lipinski definition) is 7. The van der Waals surface area contributed by atoms with Crippen molar-refractivity contribution in [2.75, 3.05) is 13.7 Å². The Balaban J connectivity index is 1.80. The molecule has 5 rings (SSSR count). The number of fused-ring (bicyclic) bond motifs is 1. The number of thiazole rings is 1. The van der Waals surface area contributed by atoms with Gasteiger partial charge in [0.2, 0.25) is 0 Å². The standard InChI is InChI=1S/C32H30N2O5S/c1-5-39-31(37)27-28(22-9-7-6-8-10-22)33-32-34(29(27)23-14-12-21(13-15-23)19(2)3)30(36)26(40-32)18-20-11-16-24(35)25(17-20)38-4/h6-19,29,35H,5H2,1-4H3/b26-18-/t29-/m0/s1. The molecule has 0 saturated carbocycles. The maximum absolute atomic E-state index is 14.0. The molecule has 0 amide bonds. The van der Waals surface area contributed by atoms with E-state index in [4.69, 9.17) is 14.5 Å². The number of nitrogens with zero attached hydrogens (tertiary/aromatic N) is 2. The quantitative estimate of drug-likeness (QED) is 0.333. The average molecular weight is 555 g/mol. The molecule has 0 saturated heterocycles. The van der Waals surface area contributed by atoms with Crippen molar-refractivity contribution in [1.82, 2.24) is 4.57 Å². The summed E-state index contributed by atoms with van der Waals surface area (Å²) in [5.74, 6) is 0.136. The third-order valence-corrected chi connectivity index (χ3v) is 7.78. The minimum Gasteiger partial charge on any atom is -0.504 e. The molecule has 4 aromatic rings. The lowest BCUT2D eigenvalue weighted by molar-refractivity contribution is -0.138. The Morgan fingerprint density at radius 1 is 1.10 bits per heavy atom. The molecule has 0 aliphatic carbocycles. The molecule has 1 atom stereocenters. The summed E-state index contributed by atoms with van der Waals surface area (Å²) in [6.07, 6.45) is 1.74. The normalized spacial score (nSPS) is 15.1. The highest BCUT2D eigenvalue weighted by Gasteiger charge is 2.35. The summed E-state index contributed by atoms with van der Waals surface area (Å²) in [4.78, 5) is 32.9. The lowest BCUT2D eigenvalue weighted by atomic mass is 9.91. The molecule has 1 N–H and O–H groups in total. The van der Waals surface area contributed by atoms with E-state index in [1.165, 1.54) is 24.5 Å². The number of aromatic hydroxyl groups is 1. The number of carbonyl (C=O) groups is 1. The first-order valence-electron chi connectivity index (χ1n) is 13.1. The van der Waals surface area contributed by atoms with Gasteiger partial charge in [0.1, 0.15) is 0 Å². The lowest BCUT2D eigenvalue weighted by Gasteiger charge is -2.26. The summed E-state index contributed by atoms with van der Waals surface area (Å²) in [5.41, 5.74) is 3.91. The first-order chi connectivity index (χ1) is 19.3. The van der Waals surface area contributed by atoms with Crippen LogP contribution in [0.25, 0.3) is 11.8 Å². The molecule has 8 heteroatoms. The fourth-order valence-electron chi connectivity index (χ4n) is 4.75. The summed E-state index contributed by atoms with van der Waals surface area (Å²) < 4.78 is 12.8. The zero-order valence-corrected chi connectivity index (χ0v) is 23.6. The number of carbonyl (C=O) groups excluding carboxylic acids is 1. The van der Waals surface area contributed by atoms with Crippen molar-refractivity contribution in [3.05, 3.63) is 120 Å². The monoisotopic (exact) mass is 554 g/mol. The van der Waals surface area contributed by atoms with Crippen LogP contribution in [-0.2, 0) is 9.53 Å². The van der Waals surface area contributed by atoms with Crippen LogP contribution in [0, 0.1) is 0 Å². The Morgan fingerprint density at radius 2 is 1.82 bits per heavy atom. The molecule has 0 radical (unpaired) electrons. The van der Waals surface area contributed by atoms with E-state index in [0.29, 0.717) is 37.8 Å². The van der Waals surface area contributed by atoms with Crippen LogP contribution in [0.1, 0.15) is 55.0 Å². The second-order valence-corrected chi connectivity index (χ2v) is 10.7. The molecule has 0 unspecified atom stereocenters. The van der Waals surface area contributed by atoms with Gasteiger partial charge in [0, 0.05) is 5.56 Å². The van der Waals surface area contributed by atoms with Gasteiger partial charge in [0.15, 0.2) is 16.3 Å². The molecule has 204 valence electrons. The van der Waals surface area contributed by atoms with Crippen molar-refractivity contribution in [2.24, 2.45) is 4.99 Å².